The molecule has 9 heteroatoms. The summed E-state index contributed by atoms with van der Waals surface area (Å²) in [6, 6.07) is 17.4. The highest BCUT2D eigenvalue weighted by Crippen LogP contribution is 2.39. The number of fused-ring (bicyclic) bond motifs is 1. The number of hydrogen-bond acceptors (Lipinski definition) is 9. The van der Waals surface area contributed by atoms with E-state index in [0.717, 1.165) is 46.6 Å². The van der Waals surface area contributed by atoms with Gasteiger partial charge in [-0.1, -0.05) is 0 Å². The second kappa shape index (κ2) is 9.96. The molecule has 1 saturated carbocycles. The van der Waals surface area contributed by atoms with Crippen molar-refractivity contribution in [1.82, 2.24) is 19.9 Å². The third-order valence-electron chi connectivity index (χ3n) is 6.52. The van der Waals surface area contributed by atoms with Crippen molar-refractivity contribution >= 4 is 34.0 Å². The van der Waals surface area contributed by atoms with Crippen LogP contribution in [0.1, 0.15) is 12.8 Å². The monoisotopic (exact) mass is 486 g/mol. The summed E-state index contributed by atoms with van der Waals surface area (Å²) in [6.07, 6.45) is 5.30. The molecule has 1 aliphatic rings. The highest BCUT2D eigenvalue weighted by molar-refractivity contribution is 5.83. The van der Waals surface area contributed by atoms with Crippen molar-refractivity contribution < 1.29 is 14.2 Å². The minimum atomic E-state index is -0.224. The molecule has 0 radical (unpaired) electrons. The Morgan fingerprint density at radius 2 is 1.67 bits per heavy atom. The van der Waals surface area contributed by atoms with E-state index in [0.29, 0.717) is 11.8 Å². The maximum absolute atomic E-state index is 6.10. The van der Waals surface area contributed by atoms with Gasteiger partial charge in [0.15, 0.2) is 0 Å². The molecule has 2 N–H and O–H groups in total. The van der Waals surface area contributed by atoms with Gasteiger partial charge in [0.1, 0.15) is 29.1 Å². The number of rotatable bonds is 9. The molecule has 0 unspecified atom stereocenters. The van der Waals surface area contributed by atoms with Crippen molar-refractivity contribution in [2.75, 3.05) is 38.9 Å². The van der Waals surface area contributed by atoms with Crippen molar-refractivity contribution in [1.29, 1.82) is 0 Å². The first-order chi connectivity index (χ1) is 17.5. The lowest BCUT2D eigenvalue weighted by Gasteiger charge is -2.50. The molecular weight excluding hydrogens is 456 g/mol. The molecule has 0 spiro atoms. The van der Waals surface area contributed by atoms with Crippen LogP contribution in [-0.4, -0.2) is 60.0 Å². The smallest absolute Gasteiger partial charge is 0.229 e. The minimum absolute atomic E-state index is 0.142. The van der Waals surface area contributed by atoms with E-state index in [1.54, 1.807) is 26.6 Å². The fourth-order valence-electron chi connectivity index (χ4n) is 4.33. The maximum Gasteiger partial charge on any atom is 0.229 e. The zero-order chi connectivity index (χ0) is 25.1. The Morgan fingerprint density at radius 1 is 0.889 bits per heavy atom. The largest absolute Gasteiger partial charge is 0.497 e. The standard InChI is InChI=1S/C27H30N6O3/c1-33(2)27(35-4)15-23(16-27)36-21-7-5-19(6-8-21)31-26-28-12-11-25(32-26)30-20-13-18-14-22(34-3)9-10-24(18)29-17-20/h5-14,17,23H,15-16H2,1-4H3,(H2,28,30,31,32). The van der Waals surface area contributed by atoms with E-state index >= 15 is 0 Å². The molecular formula is C27H30N6O3. The van der Waals surface area contributed by atoms with Crippen LogP contribution in [0.2, 0.25) is 0 Å². The van der Waals surface area contributed by atoms with Crippen molar-refractivity contribution in [3.8, 4) is 11.5 Å². The van der Waals surface area contributed by atoms with Gasteiger partial charge >= 0.3 is 0 Å². The summed E-state index contributed by atoms with van der Waals surface area (Å²) in [5.41, 5.74) is 2.36. The van der Waals surface area contributed by atoms with Gasteiger partial charge in [-0.2, -0.15) is 4.98 Å². The van der Waals surface area contributed by atoms with E-state index in [1.165, 1.54) is 0 Å². The van der Waals surface area contributed by atoms with Crippen LogP contribution >= 0.6 is 0 Å². The molecule has 36 heavy (non-hydrogen) atoms. The van der Waals surface area contributed by atoms with Crippen molar-refractivity contribution in [3.63, 3.8) is 0 Å². The fraction of sp³-hybridized carbons (Fsp3) is 0.296. The van der Waals surface area contributed by atoms with Gasteiger partial charge in [0.05, 0.1) is 24.5 Å². The van der Waals surface area contributed by atoms with Crippen LogP contribution in [0.25, 0.3) is 10.9 Å². The minimum Gasteiger partial charge on any atom is -0.497 e. The van der Waals surface area contributed by atoms with Gasteiger partial charge < -0.3 is 24.8 Å². The Hall–Kier alpha value is -3.95. The fourth-order valence-corrected chi connectivity index (χ4v) is 4.33. The summed E-state index contributed by atoms with van der Waals surface area (Å²) in [4.78, 5) is 15.5. The van der Waals surface area contributed by atoms with E-state index in [4.69, 9.17) is 14.2 Å². The molecule has 5 rings (SSSR count). The number of nitrogens with one attached hydrogen (secondary N) is 2. The summed E-state index contributed by atoms with van der Waals surface area (Å²) in [6.45, 7) is 0. The average molecular weight is 487 g/mol. The number of aromatic nitrogens is 3. The third kappa shape index (κ3) is 5.02. The van der Waals surface area contributed by atoms with Gasteiger partial charge in [-0.05, 0) is 68.7 Å². The molecule has 0 saturated heterocycles. The first-order valence-electron chi connectivity index (χ1n) is 11.8. The lowest BCUT2D eigenvalue weighted by Crippen LogP contribution is -2.59. The van der Waals surface area contributed by atoms with Gasteiger partial charge in [0.25, 0.3) is 0 Å². The summed E-state index contributed by atoms with van der Waals surface area (Å²) in [5, 5.41) is 7.52. The molecule has 2 aromatic heterocycles. The van der Waals surface area contributed by atoms with Crippen LogP contribution in [0.5, 0.6) is 11.5 Å². The number of methoxy groups -OCH3 is 2. The number of anilines is 4. The number of benzene rings is 2. The number of pyridine rings is 1. The Labute approximate surface area is 210 Å². The van der Waals surface area contributed by atoms with Crippen molar-refractivity contribution in [2.24, 2.45) is 0 Å². The molecule has 4 aromatic rings. The number of ether oxygens (including phenoxy) is 3. The van der Waals surface area contributed by atoms with Gasteiger partial charge in [0.2, 0.25) is 5.95 Å². The van der Waals surface area contributed by atoms with E-state index < -0.39 is 0 Å². The number of nitrogens with zero attached hydrogens (tertiary/aromatic N) is 4. The van der Waals surface area contributed by atoms with E-state index in [1.807, 2.05) is 68.7 Å². The quantitative estimate of drug-likeness (QED) is 0.318. The number of hydrogen-bond donors (Lipinski definition) is 2. The lowest BCUT2D eigenvalue weighted by atomic mass is 9.83. The molecule has 1 aliphatic carbocycles. The molecule has 0 amide bonds. The van der Waals surface area contributed by atoms with Crippen LogP contribution in [0.3, 0.4) is 0 Å². The molecule has 2 heterocycles. The van der Waals surface area contributed by atoms with Crippen molar-refractivity contribution in [3.05, 3.63) is 67.0 Å². The maximum atomic E-state index is 6.10. The zero-order valence-electron chi connectivity index (χ0n) is 20.9. The van der Waals surface area contributed by atoms with Gasteiger partial charge in [0, 0.05) is 37.2 Å². The Morgan fingerprint density at radius 3 is 2.39 bits per heavy atom. The van der Waals surface area contributed by atoms with Crippen molar-refractivity contribution in [2.45, 2.75) is 24.7 Å². The highest BCUT2D eigenvalue weighted by atomic mass is 16.5. The topological polar surface area (TPSA) is 93.7 Å². The predicted octanol–water partition coefficient (Wildman–Crippen LogP) is 4.97. The summed E-state index contributed by atoms with van der Waals surface area (Å²) >= 11 is 0. The summed E-state index contributed by atoms with van der Waals surface area (Å²) < 4.78 is 17.1. The molecule has 2 aromatic carbocycles. The second-order valence-corrected chi connectivity index (χ2v) is 9.02. The van der Waals surface area contributed by atoms with Crippen LogP contribution in [-0.2, 0) is 4.74 Å². The van der Waals surface area contributed by atoms with Crippen LogP contribution in [0.15, 0.2) is 67.0 Å². The molecule has 0 aliphatic heterocycles. The molecule has 1 fully saturated rings. The SMILES string of the molecule is COc1ccc2ncc(Nc3ccnc(Nc4ccc(OC5CC(OC)(N(C)C)C5)cc4)n3)cc2c1. The predicted molar refractivity (Wildman–Crippen MR) is 140 cm³/mol. The average Bonchev–Trinajstić information content (AvgIpc) is 2.86. The zero-order valence-corrected chi connectivity index (χ0v) is 20.9. The highest BCUT2D eigenvalue weighted by Gasteiger charge is 2.48. The molecule has 186 valence electrons. The van der Waals surface area contributed by atoms with E-state index in [-0.39, 0.29) is 11.8 Å². The Balaban J connectivity index is 1.21. The van der Waals surface area contributed by atoms with Gasteiger partial charge in [-0.25, -0.2) is 4.98 Å². The van der Waals surface area contributed by atoms with Crippen LogP contribution in [0, 0.1) is 0 Å². The summed E-state index contributed by atoms with van der Waals surface area (Å²) in [5.74, 6) is 2.75. The third-order valence-corrected chi connectivity index (χ3v) is 6.52. The van der Waals surface area contributed by atoms with Gasteiger partial charge in [-0.3, -0.25) is 9.88 Å². The first kappa shape index (κ1) is 23.8. The second-order valence-electron chi connectivity index (χ2n) is 9.02. The molecule has 0 atom stereocenters. The Bertz CT molecular complexity index is 1340. The Kier molecular flexibility index (Phi) is 6.58. The lowest BCUT2D eigenvalue weighted by molar-refractivity contribution is -0.204. The van der Waals surface area contributed by atoms with Crippen LogP contribution < -0.4 is 20.1 Å². The summed E-state index contributed by atoms with van der Waals surface area (Å²) in [7, 11) is 7.46. The molecule has 9 nitrogen and oxygen atoms in total. The van der Waals surface area contributed by atoms with E-state index in [2.05, 4.69) is 30.5 Å². The van der Waals surface area contributed by atoms with Gasteiger partial charge in [-0.15, -0.1) is 0 Å². The van der Waals surface area contributed by atoms with E-state index in [9.17, 15) is 0 Å². The molecule has 0 bridgehead atoms. The first-order valence-corrected chi connectivity index (χ1v) is 11.8. The normalized spacial score (nSPS) is 19.1. The van der Waals surface area contributed by atoms with Crippen LogP contribution in [0.4, 0.5) is 23.1 Å².